The first-order valence-corrected chi connectivity index (χ1v) is 2.98. The minimum atomic E-state index is -0.935. The lowest BCUT2D eigenvalue weighted by Gasteiger charge is -1.79. The van der Waals surface area contributed by atoms with Crippen LogP contribution in [0.25, 0.3) is 0 Å². The normalized spacial score (nSPS) is 7.00. The van der Waals surface area contributed by atoms with Crippen LogP contribution in [-0.2, 0) is 4.79 Å². The maximum absolute atomic E-state index is 9.60. The molecule has 10 heavy (non-hydrogen) atoms. The van der Waals surface area contributed by atoms with Crippen LogP contribution in [0.15, 0.2) is 18.2 Å². The third kappa shape index (κ3) is 15.8. The molecule has 0 aliphatic heterocycles. The van der Waals surface area contributed by atoms with Gasteiger partial charge in [0.05, 0.1) is 0 Å². The quantitative estimate of drug-likeness (QED) is 0.597. The maximum atomic E-state index is 9.60. The number of aliphatic carboxylic acids is 1. The second-order valence-electron chi connectivity index (χ2n) is 1.73. The molecular weight excluding hydrogens is 128 g/mol. The summed E-state index contributed by atoms with van der Waals surface area (Å²) in [6.07, 6.45) is 2.60. The maximum Gasteiger partial charge on any atom is 0.330 e. The van der Waals surface area contributed by atoms with Gasteiger partial charge in [0.25, 0.3) is 0 Å². The highest BCUT2D eigenvalue weighted by atomic mass is 16.4. The zero-order chi connectivity index (χ0) is 8.57. The first kappa shape index (κ1) is 11.7. The van der Waals surface area contributed by atoms with E-state index in [4.69, 9.17) is 11.7 Å². The van der Waals surface area contributed by atoms with Crippen LogP contribution in [0.4, 0.5) is 0 Å². The van der Waals surface area contributed by atoms with Crippen molar-refractivity contribution < 1.29 is 9.90 Å². The molecule has 0 amide bonds. The van der Waals surface area contributed by atoms with Crippen LogP contribution in [0.3, 0.4) is 0 Å². The first-order valence-electron chi connectivity index (χ1n) is 2.98. The van der Waals surface area contributed by atoms with Gasteiger partial charge in [0, 0.05) is 5.57 Å². The number of rotatable bonds is 2. The van der Waals surface area contributed by atoms with Gasteiger partial charge in [-0.15, -0.1) is 0 Å². The SMILES string of the molecule is C=C(C)C(=O)O.[CH]=CCC. The summed E-state index contributed by atoms with van der Waals surface area (Å²) in [5.41, 5.74) is 0.176. The monoisotopic (exact) mass is 141 g/mol. The van der Waals surface area contributed by atoms with Crippen molar-refractivity contribution in [3.63, 3.8) is 0 Å². The smallest absolute Gasteiger partial charge is 0.330 e. The third-order valence-corrected chi connectivity index (χ3v) is 0.601. The van der Waals surface area contributed by atoms with E-state index in [1.54, 1.807) is 6.08 Å². The molecule has 0 heterocycles. The van der Waals surface area contributed by atoms with Gasteiger partial charge in [0.15, 0.2) is 0 Å². The predicted octanol–water partition coefficient (Wildman–Crippen LogP) is 2.03. The number of carbonyl (C=O) groups is 1. The second-order valence-corrected chi connectivity index (χ2v) is 1.73. The van der Waals surface area contributed by atoms with Gasteiger partial charge in [-0.2, -0.15) is 0 Å². The van der Waals surface area contributed by atoms with Gasteiger partial charge in [0.1, 0.15) is 0 Å². The minimum Gasteiger partial charge on any atom is -0.478 e. The lowest BCUT2D eigenvalue weighted by atomic mass is 10.4. The van der Waals surface area contributed by atoms with Crippen LogP contribution in [-0.4, -0.2) is 11.1 Å². The van der Waals surface area contributed by atoms with E-state index in [0.717, 1.165) is 6.42 Å². The molecule has 0 rings (SSSR count). The summed E-state index contributed by atoms with van der Waals surface area (Å²) < 4.78 is 0. The minimum absolute atomic E-state index is 0.176. The van der Waals surface area contributed by atoms with E-state index in [0.29, 0.717) is 0 Å². The van der Waals surface area contributed by atoms with Crippen LogP contribution in [0.2, 0.25) is 0 Å². The summed E-state index contributed by atoms with van der Waals surface area (Å²) in [6.45, 7) is 11.5. The van der Waals surface area contributed by atoms with Gasteiger partial charge >= 0.3 is 5.97 Å². The van der Waals surface area contributed by atoms with E-state index < -0.39 is 5.97 Å². The largest absolute Gasteiger partial charge is 0.478 e. The standard InChI is InChI=1S/C4H6O2.C4H7/c1-3(2)4(5)6;1-3-4-2/h1H2,2H3,(H,5,6);1,3H,4H2,2H3. The Bertz CT molecular complexity index is 113. The highest BCUT2D eigenvalue weighted by Gasteiger charge is 1.90. The molecule has 2 nitrogen and oxygen atoms in total. The Morgan fingerprint density at radius 1 is 1.80 bits per heavy atom. The van der Waals surface area contributed by atoms with Gasteiger partial charge in [0.2, 0.25) is 0 Å². The Morgan fingerprint density at radius 3 is 2.00 bits per heavy atom. The lowest BCUT2D eigenvalue weighted by molar-refractivity contribution is -0.132. The summed E-state index contributed by atoms with van der Waals surface area (Å²) in [4.78, 5) is 9.60. The van der Waals surface area contributed by atoms with Crippen molar-refractivity contribution in [2.45, 2.75) is 20.3 Å². The van der Waals surface area contributed by atoms with Crippen LogP contribution in [0.5, 0.6) is 0 Å². The molecule has 0 aromatic heterocycles. The molecule has 0 saturated heterocycles. The number of carboxylic acid groups (broad SMARTS) is 1. The van der Waals surface area contributed by atoms with Crippen molar-refractivity contribution in [2.75, 3.05) is 0 Å². The van der Waals surface area contributed by atoms with Crippen LogP contribution in [0.1, 0.15) is 20.3 Å². The molecule has 0 atom stereocenters. The highest BCUT2D eigenvalue weighted by molar-refractivity contribution is 5.84. The van der Waals surface area contributed by atoms with Gasteiger partial charge in [-0.05, 0) is 13.3 Å². The Kier molecular flexibility index (Phi) is 9.31. The number of hydrogen-bond donors (Lipinski definition) is 1. The fourth-order valence-electron chi connectivity index (χ4n) is 0. The molecular formula is C8H13O2. The van der Waals surface area contributed by atoms with Crippen molar-refractivity contribution in [1.82, 2.24) is 0 Å². The molecule has 0 aromatic carbocycles. The summed E-state index contributed by atoms with van der Waals surface area (Å²) in [5, 5.41) is 7.89. The fourth-order valence-corrected chi connectivity index (χ4v) is 0. The van der Waals surface area contributed by atoms with E-state index in [1.165, 1.54) is 6.92 Å². The summed E-state index contributed by atoms with van der Waals surface area (Å²) >= 11 is 0. The average Bonchev–Trinajstić information content (AvgIpc) is 1.89. The van der Waals surface area contributed by atoms with Crippen LogP contribution < -0.4 is 0 Å². The van der Waals surface area contributed by atoms with E-state index in [9.17, 15) is 4.79 Å². The van der Waals surface area contributed by atoms with Crippen LogP contribution >= 0.6 is 0 Å². The number of allylic oxidation sites excluding steroid dienone is 1. The zero-order valence-corrected chi connectivity index (χ0v) is 6.42. The van der Waals surface area contributed by atoms with E-state index in [1.807, 2.05) is 6.92 Å². The number of hydrogen-bond acceptors (Lipinski definition) is 1. The van der Waals surface area contributed by atoms with Crippen molar-refractivity contribution in [3.05, 3.63) is 24.8 Å². The van der Waals surface area contributed by atoms with E-state index in [-0.39, 0.29) is 5.57 Å². The van der Waals surface area contributed by atoms with Gasteiger partial charge in [-0.25, -0.2) is 4.79 Å². The third-order valence-electron chi connectivity index (χ3n) is 0.601. The Hall–Kier alpha value is -1.05. The Morgan fingerprint density at radius 2 is 2.00 bits per heavy atom. The van der Waals surface area contributed by atoms with E-state index >= 15 is 0 Å². The molecule has 1 radical (unpaired) electrons. The Labute approximate surface area is 61.9 Å². The highest BCUT2D eigenvalue weighted by Crippen LogP contribution is 1.81. The molecule has 0 unspecified atom stereocenters. The first-order chi connectivity index (χ1) is 4.56. The average molecular weight is 141 g/mol. The molecule has 1 N–H and O–H groups in total. The number of carboxylic acids is 1. The van der Waals surface area contributed by atoms with Crippen molar-refractivity contribution in [2.24, 2.45) is 0 Å². The Balaban J connectivity index is 0. The molecule has 0 aromatic rings. The molecule has 0 fully saturated rings. The molecule has 0 aliphatic rings. The van der Waals surface area contributed by atoms with Gasteiger partial charge < -0.3 is 5.11 Å². The summed E-state index contributed by atoms with van der Waals surface area (Å²) in [7, 11) is 0. The van der Waals surface area contributed by atoms with Crippen molar-refractivity contribution >= 4 is 5.97 Å². The zero-order valence-electron chi connectivity index (χ0n) is 6.42. The van der Waals surface area contributed by atoms with Crippen LogP contribution in [0, 0.1) is 6.58 Å². The molecule has 0 saturated carbocycles. The molecule has 0 spiro atoms. The molecule has 0 bridgehead atoms. The lowest BCUT2D eigenvalue weighted by Crippen LogP contribution is -1.92. The molecule has 57 valence electrons. The van der Waals surface area contributed by atoms with Crippen molar-refractivity contribution in [1.29, 1.82) is 0 Å². The van der Waals surface area contributed by atoms with Gasteiger partial charge in [-0.1, -0.05) is 26.2 Å². The molecule has 2 heteroatoms. The molecule has 0 aliphatic carbocycles. The summed E-state index contributed by atoms with van der Waals surface area (Å²) in [5.74, 6) is -0.935. The van der Waals surface area contributed by atoms with Gasteiger partial charge in [-0.3, -0.25) is 0 Å². The summed E-state index contributed by atoms with van der Waals surface area (Å²) in [6, 6.07) is 0. The fraction of sp³-hybridized carbons (Fsp3) is 0.375. The topological polar surface area (TPSA) is 37.3 Å². The van der Waals surface area contributed by atoms with E-state index in [2.05, 4.69) is 6.58 Å². The van der Waals surface area contributed by atoms with Crippen molar-refractivity contribution in [3.8, 4) is 0 Å². The predicted molar refractivity (Wildman–Crippen MR) is 41.6 cm³/mol. The second kappa shape index (κ2) is 7.95.